The molecule has 14 nitrogen and oxygen atoms in total. The Morgan fingerprint density at radius 3 is 1.34 bits per heavy atom. The second kappa shape index (κ2) is 21.0. The van der Waals surface area contributed by atoms with Crippen molar-refractivity contribution >= 4 is 70.2 Å². The summed E-state index contributed by atoms with van der Waals surface area (Å²) in [6.07, 6.45) is 8.56. The molecule has 0 fully saturated rings. The molecule has 0 aliphatic rings. The highest BCUT2D eigenvalue weighted by Crippen LogP contribution is 2.29. The van der Waals surface area contributed by atoms with Gasteiger partial charge in [0.15, 0.2) is 0 Å². The number of carbonyl (C=O) groups excluding carboxylic acids is 3. The van der Waals surface area contributed by atoms with E-state index >= 15 is 0 Å². The molecule has 18 heteroatoms. The van der Waals surface area contributed by atoms with Crippen LogP contribution in [-0.4, -0.2) is 54.4 Å². The number of aromatic carboxylic acids is 1. The first-order valence-corrected chi connectivity index (χ1v) is 20.0. The molecule has 4 aromatic heterocycles. The van der Waals surface area contributed by atoms with Crippen molar-refractivity contribution in [3.8, 4) is 23.3 Å². The van der Waals surface area contributed by atoms with Crippen LogP contribution in [0.4, 0.5) is 0 Å². The average molecular weight is 921 g/mol. The molecule has 0 aliphatic carbocycles. The molecule has 320 valence electrons. The molecule has 0 spiro atoms. The first kappa shape index (κ1) is 46.7. The number of halogens is 4. The molecule has 2 aromatic carbocycles. The first-order valence-electron chi connectivity index (χ1n) is 18.5. The number of benzene rings is 2. The van der Waals surface area contributed by atoms with E-state index in [0.717, 1.165) is 11.1 Å². The molecule has 0 aliphatic heterocycles. The van der Waals surface area contributed by atoms with Crippen molar-refractivity contribution in [1.29, 1.82) is 0 Å². The number of nitrogens with zero attached hydrogens (tertiary/aromatic N) is 4. The van der Waals surface area contributed by atoms with Gasteiger partial charge in [0.05, 0.1) is 55.7 Å². The second-order valence-electron chi connectivity index (χ2n) is 14.3. The lowest BCUT2D eigenvalue weighted by atomic mass is 10.1. The maximum absolute atomic E-state index is 13.0. The van der Waals surface area contributed by atoms with Gasteiger partial charge in [-0.3, -0.25) is 19.6 Å². The molecule has 2 atom stereocenters. The Labute approximate surface area is 376 Å². The van der Waals surface area contributed by atoms with Gasteiger partial charge in [0.2, 0.25) is 11.8 Å². The largest absolute Gasteiger partial charge is 0.478 e. The highest BCUT2D eigenvalue weighted by molar-refractivity contribution is 6.31. The number of amides is 2. The summed E-state index contributed by atoms with van der Waals surface area (Å²) in [5, 5.41) is 16.0. The van der Waals surface area contributed by atoms with Crippen molar-refractivity contribution in [2.24, 2.45) is 0 Å². The fourth-order valence-corrected chi connectivity index (χ4v) is 5.98. The van der Waals surface area contributed by atoms with Gasteiger partial charge in [-0.25, -0.2) is 19.6 Å². The molecule has 0 saturated carbocycles. The van der Waals surface area contributed by atoms with Gasteiger partial charge in [-0.05, 0) is 82.1 Å². The van der Waals surface area contributed by atoms with Crippen molar-refractivity contribution in [2.75, 3.05) is 0 Å². The summed E-state index contributed by atoms with van der Waals surface area (Å²) in [6.45, 7) is 9.01. The van der Waals surface area contributed by atoms with Gasteiger partial charge in [0.25, 0.3) is 11.8 Å². The van der Waals surface area contributed by atoms with Crippen LogP contribution in [0, 0.1) is 0 Å². The summed E-state index contributed by atoms with van der Waals surface area (Å²) in [6, 6.07) is 18.3. The molecule has 6 rings (SSSR count). The Hall–Kier alpha value is -6.32. The fraction of sp³-hybridized carbons (Fsp3) is 0.182. The lowest BCUT2D eigenvalue weighted by Gasteiger charge is -2.20. The van der Waals surface area contributed by atoms with Gasteiger partial charge < -0.3 is 30.0 Å². The maximum Gasteiger partial charge on any atom is 0.338 e. The van der Waals surface area contributed by atoms with Crippen LogP contribution in [0.25, 0.3) is 0 Å². The summed E-state index contributed by atoms with van der Waals surface area (Å²) in [5.41, 5.74) is 1.83. The Bertz CT molecular complexity index is 2570. The molecule has 4 heterocycles. The number of nitrogens with one attached hydrogen (secondary N) is 2. The van der Waals surface area contributed by atoms with Crippen molar-refractivity contribution in [2.45, 2.75) is 52.3 Å². The molecule has 0 saturated heterocycles. The molecular weight excluding hydrogens is 882 g/mol. The molecule has 6 aromatic rings. The smallest absolute Gasteiger partial charge is 0.338 e. The zero-order valence-corrected chi connectivity index (χ0v) is 36.7. The van der Waals surface area contributed by atoms with E-state index in [2.05, 4.69) is 30.6 Å². The van der Waals surface area contributed by atoms with Crippen LogP contribution in [0.15, 0.2) is 110 Å². The lowest BCUT2D eigenvalue weighted by Crippen LogP contribution is -2.27. The highest BCUT2D eigenvalue weighted by atomic mass is 35.5. The third-order valence-electron chi connectivity index (χ3n) is 8.31. The Morgan fingerprint density at radius 1 is 0.581 bits per heavy atom. The number of aromatic nitrogens is 4. The number of rotatable bonds is 12. The number of carbonyl (C=O) groups is 4. The van der Waals surface area contributed by atoms with E-state index in [4.69, 9.17) is 65.7 Å². The highest BCUT2D eigenvalue weighted by Gasteiger charge is 2.22. The fourth-order valence-electron chi connectivity index (χ4n) is 5.34. The third kappa shape index (κ3) is 13.6. The second-order valence-corrected chi connectivity index (χ2v) is 16.1. The Kier molecular flexibility index (Phi) is 15.8. The van der Waals surface area contributed by atoms with Crippen LogP contribution < -0.4 is 20.1 Å². The van der Waals surface area contributed by atoms with E-state index in [1.54, 1.807) is 55.5 Å². The number of hydrogen-bond donors (Lipinski definition) is 3. The molecule has 0 unspecified atom stereocenters. The van der Waals surface area contributed by atoms with Crippen LogP contribution in [0.2, 0.25) is 20.1 Å². The minimum atomic E-state index is -1.02. The van der Waals surface area contributed by atoms with Crippen molar-refractivity contribution in [1.82, 2.24) is 30.6 Å². The molecule has 3 N–H and O–H groups in total. The van der Waals surface area contributed by atoms with Crippen LogP contribution in [0.3, 0.4) is 0 Å². The number of esters is 1. The van der Waals surface area contributed by atoms with Crippen LogP contribution in [0.1, 0.15) is 99.3 Å². The van der Waals surface area contributed by atoms with E-state index in [1.807, 2.05) is 27.7 Å². The van der Waals surface area contributed by atoms with E-state index in [1.165, 1.54) is 61.4 Å². The Morgan fingerprint density at radius 2 is 0.968 bits per heavy atom. The predicted octanol–water partition coefficient (Wildman–Crippen LogP) is 10.8. The number of carboxylic acids is 1. The average Bonchev–Trinajstić information content (AvgIpc) is 3.21. The van der Waals surface area contributed by atoms with Crippen LogP contribution >= 0.6 is 46.4 Å². The zero-order chi connectivity index (χ0) is 45.1. The summed E-state index contributed by atoms with van der Waals surface area (Å²) in [4.78, 5) is 65.1. The third-order valence-corrected chi connectivity index (χ3v) is 9.14. The van der Waals surface area contributed by atoms with Crippen molar-refractivity contribution in [3.63, 3.8) is 0 Å². The van der Waals surface area contributed by atoms with Gasteiger partial charge in [-0.1, -0.05) is 70.7 Å². The quantitative estimate of drug-likeness (QED) is 0.0986. The van der Waals surface area contributed by atoms with E-state index in [9.17, 15) is 19.2 Å². The normalized spacial score (nSPS) is 11.8. The molecular formula is C44H38Cl4N6O8. The van der Waals surface area contributed by atoms with E-state index < -0.39 is 35.4 Å². The zero-order valence-electron chi connectivity index (χ0n) is 33.7. The molecule has 2 amide bonds. The number of hydrogen-bond acceptors (Lipinski definition) is 11. The van der Waals surface area contributed by atoms with E-state index in [0.29, 0.717) is 27.1 Å². The summed E-state index contributed by atoms with van der Waals surface area (Å²) < 4.78 is 16.7. The summed E-state index contributed by atoms with van der Waals surface area (Å²) >= 11 is 23.9. The van der Waals surface area contributed by atoms with Crippen molar-refractivity contribution in [3.05, 3.63) is 163 Å². The SMILES string of the molecule is C[C@H](NC(=O)c1cc(Cl)cnc1Oc1cncc(Cl)c1)c1ccc(C(=O)O)cc1.C[C@H](NC(=O)c1cc(Cl)cnc1Oc1cncc(Cl)c1)c1ccc(C(=O)OC(C)(C)C)cc1. The standard InChI is InChI=1S/C24H23Cl2N3O4.C20H15Cl2N3O4/c1-14(15-5-7-16(8-6-15)23(31)33-24(2,3)4)29-21(30)20-10-18(26)12-28-22(20)32-19-9-17(25)11-27-13-19;1-11(12-2-4-13(5-3-12)20(27)28)25-18(26)17-7-15(22)9-24-19(17)29-16-6-14(21)8-23-10-16/h5-14H,1-4H3,(H,29,30);2-11H,1H3,(H,25,26)(H,27,28)/t14-;11-/m00/s1. The summed E-state index contributed by atoms with van der Waals surface area (Å²) in [7, 11) is 0. The minimum Gasteiger partial charge on any atom is -0.478 e. The van der Waals surface area contributed by atoms with Crippen LogP contribution in [0.5, 0.6) is 23.3 Å². The molecule has 0 bridgehead atoms. The monoisotopic (exact) mass is 918 g/mol. The van der Waals surface area contributed by atoms with Gasteiger partial charge in [-0.15, -0.1) is 0 Å². The number of pyridine rings is 4. The minimum absolute atomic E-state index is 0.0457. The van der Waals surface area contributed by atoms with Crippen LogP contribution in [-0.2, 0) is 4.74 Å². The first-order chi connectivity index (χ1) is 29.3. The van der Waals surface area contributed by atoms with E-state index in [-0.39, 0.29) is 44.5 Å². The predicted molar refractivity (Wildman–Crippen MR) is 234 cm³/mol. The summed E-state index contributed by atoms with van der Waals surface area (Å²) in [5.74, 6) is -1.56. The van der Waals surface area contributed by atoms with Gasteiger partial charge in [-0.2, -0.15) is 0 Å². The number of ether oxygens (including phenoxy) is 3. The number of carboxylic acid groups (broad SMARTS) is 1. The maximum atomic E-state index is 13.0. The van der Waals surface area contributed by atoms with Gasteiger partial charge >= 0.3 is 11.9 Å². The van der Waals surface area contributed by atoms with Crippen molar-refractivity contribution < 1.29 is 38.5 Å². The molecule has 62 heavy (non-hydrogen) atoms. The van der Waals surface area contributed by atoms with Gasteiger partial charge in [0, 0.05) is 36.9 Å². The Balaban J connectivity index is 0.000000236. The lowest BCUT2D eigenvalue weighted by molar-refractivity contribution is 0.00689. The molecule has 0 radical (unpaired) electrons. The van der Waals surface area contributed by atoms with Gasteiger partial charge in [0.1, 0.15) is 28.2 Å². The topological polar surface area (TPSA) is 192 Å².